The Morgan fingerprint density at radius 1 is 0.474 bits per heavy atom. The zero-order valence-electron chi connectivity index (χ0n) is 32.8. The lowest BCUT2D eigenvalue weighted by Gasteiger charge is -2.46. The molecule has 1 heterocycles. The average Bonchev–Trinajstić information content (AvgIpc) is 3.25. The van der Waals surface area contributed by atoms with Crippen LogP contribution in [-0.4, -0.2) is 32.1 Å². The van der Waals surface area contributed by atoms with Gasteiger partial charge in [0.2, 0.25) is 0 Å². The predicted octanol–water partition coefficient (Wildman–Crippen LogP) is 10.9. The molecule has 57 heavy (non-hydrogen) atoms. The van der Waals surface area contributed by atoms with E-state index in [1.807, 2.05) is 32.1 Å². The molecule has 7 aromatic carbocycles. The normalized spacial score (nSPS) is 13.0. The number of benzene rings is 7. The fraction of sp³-hybridized carbons (Fsp3) is 0.157. The highest BCUT2D eigenvalue weighted by molar-refractivity contribution is 5.80. The molecule has 8 rings (SSSR count). The van der Waals surface area contributed by atoms with Crippen molar-refractivity contribution < 1.29 is 9.53 Å². The molecule has 0 saturated heterocycles. The Balaban J connectivity index is 1.23. The van der Waals surface area contributed by atoms with E-state index in [0.717, 1.165) is 59.9 Å². The summed E-state index contributed by atoms with van der Waals surface area (Å²) in [5.41, 5.74) is 9.99. The van der Waals surface area contributed by atoms with E-state index in [1.54, 1.807) is 4.90 Å². The summed E-state index contributed by atoms with van der Waals surface area (Å²) in [6.45, 7) is 3.03. The monoisotopic (exact) mass is 748 g/mol. The molecule has 1 aliphatic rings. The maximum atomic E-state index is 14.0. The van der Waals surface area contributed by atoms with E-state index in [1.165, 1.54) is 22.3 Å². The molecular formula is C51H48N4O2. The number of hydrogen-bond donors (Lipinski definition) is 0. The Morgan fingerprint density at radius 2 is 0.825 bits per heavy atom. The van der Waals surface area contributed by atoms with E-state index < -0.39 is 11.6 Å². The predicted molar refractivity (Wildman–Crippen MR) is 233 cm³/mol. The highest BCUT2D eigenvalue weighted by Crippen LogP contribution is 2.50. The lowest BCUT2D eigenvalue weighted by Crippen LogP contribution is -2.53. The van der Waals surface area contributed by atoms with Crippen molar-refractivity contribution in [1.82, 2.24) is 4.90 Å². The summed E-state index contributed by atoms with van der Waals surface area (Å²) in [6.07, 6.45) is -0.406. The van der Waals surface area contributed by atoms with Gasteiger partial charge >= 0.3 is 6.09 Å². The molecule has 0 atom stereocenters. The first-order valence-corrected chi connectivity index (χ1v) is 19.5. The van der Waals surface area contributed by atoms with Gasteiger partial charge in [0.1, 0.15) is 11.3 Å². The molecule has 0 N–H and O–H groups in total. The second kappa shape index (κ2) is 16.5. The van der Waals surface area contributed by atoms with Crippen LogP contribution in [0.15, 0.2) is 188 Å². The van der Waals surface area contributed by atoms with Crippen molar-refractivity contribution in [2.45, 2.75) is 31.7 Å². The van der Waals surface area contributed by atoms with Crippen LogP contribution in [0.4, 0.5) is 21.9 Å². The van der Waals surface area contributed by atoms with Gasteiger partial charge in [0.25, 0.3) is 0 Å². The van der Waals surface area contributed by atoms with E-state index in [2.05, 4.69) is 192 Å². The SMILES string of the molecule is CN(C)c1ccc2c(c1)OC(=O)N(C)C2(c1ccc(N(Cc2ccccc2)Cc2ccccc2)cc1)c1ccc(N(Cc2ccccc2)Cc2ccccc2)cc1. The molecule has 284 valence electrons. The lowest BCUT2D eigenvalue weighted by atomic mass is 9.74. The van der Waals surface area contributed by atoms with Gasteiger partial charge in [-0.2, -0.15) is 0 Å². The van der Waals surface area contributed by atoms with Crippen molar-refractivity contribution >= 4 is 23.2 Å². The number of nitrogens with zero attached hydrogens (tertiary/aromatic N) is 4. The van der Waals surface area contributed by atoms with Crippen LogP contribution >= 0.6 is 0 Å². The van der Waals surface area contributed by atoms with Crippen LogP contribution in [-0.2, 0) is 31.7 Å². The summed E-state index contributed by atoms with van der Waals surface area (Å²) in [6, 6.07) is 66.0. The van der Waals surface area contributed by atoms with Gasteiger partial charge < -0.3 is 19.4 Å². The quantitative estimate of drug-likeness (QED) is 0.117. The number of hydrogen-bond acceptors (Lipinski definition) is 5. The third-order valence-corrected chi connectivity index (χ3v) is 11.0. The second-order valence-electron chi connectivity index (χ2n) is 15.0. The highest BCUT2D eigenvalue weighted by atomic mass is 16.6. The van der Waals surface area contributed by atoms with Gasteiger partial charge in [-0.05, 0) is 63.7 Å². The van der Waals surface area contributed by atoms with Gasteiger partial charge in [0.15, 0.2) is 0 Å². The molecule has 0 bridgehead atoms. The zero-order valence-corrected chi connectivity index (χ0v) is 32.8. The molecule has 0 fully saturated rings. The Hall–Kier alpha value is -6.79. The minimum absolute atomic E-state index is 0.406. The van der Waals surface area contributed by atoms with Crippen molar-refractivity contribution in [2.24, 2.45) is 0 Å². The van der Waals surface area contributed by atoms with E-state index >= 15 is 0 Å². The molecule has 1 amide bonds. The maximum absolute atomic E-state index is 14.0. The van der Waals surface area contributed by atoms with Crippen LogP contribution in [0.3, 0.4) is 0 Å². The first-order valence-electron chi connectivity index (χ1n) is 19.5. The number of rotatable bonds is 13. The number of anilines is 3. The highest BCUT2D eigenvalue weighted by Gasteiger charge is 2.49. The van der Waals surface area contributed by atoms with E-state index in [4.69, 9.17) is 4.74 Å². The third kappa shape index (κ3) is 7.85. The number of fused-ring (bicyclic) bond motifs is 1. The smallest absolute Gasteiger partial charge is 0.410 e. The summed E-state index contributed by atoms with van der Waals surface area (Å²) in [4.78, 5) is 22.6. The largest absolute Gasteiger partial charge is 0.416 e. The molecule has 6 nitrogen and oxygen atoms in total. The minimum Gasteiger partial charge on any atom is -0.410 e. The van der Waals surface area contributed by atoms with E-state index in [-0.39, 0.29) is 0 Å². The van der Waals surface area contributed by atoms with Crippen LogP contribution in [0.5, 0.6) is 5.75 Å². The Kier molecular flexibility index (Phi) is 10.8. The molecule has 0 saturated carbocycles. The summed E-state index contributed by atoms with van der Waals surface area (Å²) in [5.74, 6) is 0.557. The molecule has 0 aliphatic carbocycles. The lowest BCUT2D eigenvalue weighted by molar-refractivity contribution is 0.115. The van der Waals surface area contributed by atoms with Crippen molar-refractivity contribution in [3.63, 3.8) is 0 Å². The van der Waals surface area contributed by atoms with Gasteiger partial charge in [0, 0.05) is 76.0 Å². The van der Waals surface area contributed by atoms with Crippen molar-refractivity contribution in [3.8, 4) is 5.75 Å². The molecular weight excluding hydrogens is 701 g/mol. The first-order chi connectivity index (χ1) is 27.9. The summed E-state index contributed by atoms with van der Waals surface area (Å²) in [7, 11) is 5.84. The molecule has 0 aromatic heterocycles. The van der Waals surface area contributed by atoms with Crippen molar-refractivity contribution in [3.05, 3.63) is 227 Å². The van der Waals surface area contributed by atoms with Crippen LogP contribution in [0.1, 0.15) is 38.9 Å². The fourth-order valence-corrected chi connectivity index (χ4v) is 8.04. The van der Waals surface area contributed by atoms with Crippen molar-refractivity contribution in [2.75, 3.05) is 35.8 Å². The van der Waals surface area contributed by atoms with Gasteiger partial charge in [-0.25, -0.2) is 4.79 Å². The van der Waals surface area contributed by atoms with Gasteiger partial charge in [-0.15, -0.1) is 0 Å². The third-order valence-electron chi connectivity index (χ3n) is 11.0. The van der Waals surface area contributed by atoms with Crippen LogP contribution < -0.4 is 19.4 Å². The van der Waals surface area contributed by atoms with Crippen LogP contribution in [0, 0.1) is 0 Å². The Labute approximate surface area is 336 Å². The summed E-state index contributed by atoms with van der Waals surface area (Å²) >= 11 is 0. The molecule has 7 aromatic rings. The molecule has 0 unspecified atom stereocenters. The van der Waals surface area contributed by atoms with Crippen LogP contribution in [0.25, 0.3) is 0 Å². The van der Waals surface area contributed by atoms with Crippen LogP contribution in [0.2, 0.25) is 0 Å². The summed E-state index contributed by atoms with van der Waals surface area (Å²) in [5, 5.41) is 0. The topological polar surface area (TPSA) is 39.3 Å². The van der Waals surface area contributed by atoms with Crippen molar-refractivity contribution in [1.29, 1.82) is 0 Å². The molecule has 0 spiro atoms. The average molecular weight is 749 g/mol. The number of amides is 1. The van der Waals surface area contributed by atoms with Gasteiger partial charge in [-0.1, -0.05) is 152 Å². The standard InChI is InChI=1S/C51H48N4O2/c1-52(2)47-32-33-48-49(34-47)57-50(56)53(3)51(48,43-24-28-45(29-25-43)54(35-39-16-8-4-9-17-39)36-40-18-10-5-11-19-40)44-26-30-46(31-27-44)55(37-41-20-12-6-13-21-41)38-42-22-14-7-15-23-42/h4-34H,35-38H2,1-3H3. The molecule has 1 aliphatic heterocycles. The number of carbonyl (C=O) groups excluding carboxylic acids is 1. The maximum Gasteiger partial charge on any atom is 0.416 e. The van der Waals surface area contributed by atoms with Gasteiger partial charge in [0.05, 0.1) is 0 Å². The second-order valence-corrected chi connectivity index (χ2v) is 15.0. The molecule has 6 heteroatoms. The van der Waals surface area contributed by atoms with E-state index in [0.29, 0.717) is 5.75 Å². The first kappa shape index (κ1) is 37.1. The van der Waals surface area contributed by atoms with E-state index in [9.17, 15) is 4.79 Å². The number of carbonyl (C=O) groups is 1. The Bertz CT molecular complexity index is 2170. The zero-order chi connectivity index (χ0) is 39.2. The Morgan fingerprint density at radius 3 is 1.18 bits per heavy atom. The summed E-state index contributed by atoms with van der Waals surface area (Å²) < 4.78 is 6.07. The number of ether oxygens (including phenoxy) is 1. The fourth-order valence-electron chi connectivity index (χ4n) is 8.04. The molecule has 0 radical (unpaired) electrons. The minimum atomic E-state index is -0.972. The van der Waals surface area contributed by atoms with Gasteiger partial charge in [-0.3, -0.25) is 4.90 Å².